The Kier molecular flexibility index (Phi) is 2.90. The zero-order chi connectivity index (χ0) is 8.10. The number of ether oxygens (including phenoxy) is 1. The van der Waals surface area contributed by atoms with E-state index >= 15 is 0 Å². The van der Waals surface area contributed by atoms with Gasteiger partial charge in [-0.25, -0.2) is 0 Å². The number of esters is 1. The van der Waals surface area contributed by atoms with Crippen molar-refractivity contribution in [3.05, 3.63) is 23.8 Å². The summed E-state index contributed by atoms with van der Waals surface area (Å²) in [5, 5.41) is 0. The Hall–Kier alpha value is -1.05. The lowest BCUT2D eigenvalue weighted by Gasteiger charge is -2.05. The van der Waals surface area contributed by atoms with Crippen molar-refractivity contribution >= 4 is 5.97 Å². The number of carbonyl (C=O) groups is 1. The highest BCUT2D eigenvalue weighted by atomic mass is 16.5. The van der Waals surface area contributed by atoms with Crippen LogP contribution in [0.1, 0.15) is 19.8 Å². The summed E-state index contributed by atoms with van der Waals surface area (Å²) in [5.74, 6) is -0.218. The van der Waals surface area contributed by atoms with E-state index in [1.54, 1.807) is 0 Å². The predicted molar refractivity (Wildman–Crippen MR) is 43.1 cm³/mol. The van der Waals surface area contributed by atoms with Crippen molar-refractivity contribution in [1.29, 1.82) is 0 Å². The van der Waals surface area contributed by atoms with Gasteiger partial charge in [-0.1, -0.05) is 18.2 Å². The lowest BCUT2D eigenvalue weighted by atomic mass is 10.1. The standard InChI is InChI=1S/C9H12O2/c1-8(10)11-7-9-5-3-2-4-6-9/h3,5-6H,2,4,7H2,1H3. The van der Waals surface area contributed by atoms with Crippen molar-refractivity contribution in [1.82, 2.24) is 0 Å². The average molecular weight is 152 g/mol. The summed E-state index contributed by atoms with van der Waals surface area (Å²) >= 11 is 0. The lowest BCUT2D eigenvalue weighted by molar-refractivity contribution is -0.139. The molecule has 2 heteroatoms. The Morgan fingerprint density at radius 1 is 1.64 bits per heavy atom. The Balaban J connectivity index is 2.31. The third kappa shape index (κ3) is 3.03. The van der Waals surface area contributed by atoms with Crippen molar-refractivity contribution < 1.29 is 9.53 Å². The molecule has 0 amide bonds. The van der Waals surface area contributed by atoms with Gasteiger partial charge in [-0.2, -0.15) is 0 Å². The third-order valence-electron chi connectivity index (χ3n) is 1.51. The highest BCUT2D eigenvalue weighted by Gasteiger charge is 1.98. The Morgan fingerprint density at radius 3 is 3.00 bits per heavy atom. The first-order valence-electron chi connectivity index (χ1n) is 3.78. The van der Waals surface area contributed by atoms with Gasteiger partial charge in [0.15, 0.2) is 0 Å². The van der Waals surface area contributed by atoms with Gasteiger partial charge in [0.05, 0.1) is 0 Å². The van der Waals surface area contributed by atoms with Crippen LogP contribution in [0.3, 0.4) is 0 Å². The number of carbonyl (C=O) groups excluding carboxylic acids is 1. The van der Waals surface area contributed by atoms with Crippen molar-refractivity contribution in [2.24, 2.45) is 0 Å². The molecular weight excluding hydrogens is 140 g/mol. The quantitative estimate of drug-likeness (QED) is 0.564. The number of hydrogen-bond donors (Lipinski definition) is 0. The van der Waals surface area contributed by atoms with E-state index in [2.05, 4.69) is 12.2 Å². The fraction of sp³-hybridized carbons (Fsp3) is 0.444. The van der Waals surface area contributed by atoms with E-state index in [0.717, 1.165) is 18.4 Å². The summed E-state index contributed by atoms with van der Waals surface area (Å²) in [4.78, 5) is 10.4. The molecule has 0 spiro atoms. The molecule has 0 saturated heterocycles. The molecule has 0 aromatic heterocycles. The van der Waals surface area contributed by atoms with E-state index < -0.39 is 0 Å². The minimum absolute atomic E-state index is 0.218. The van der Waals surface area contributed by atoms with Crippen molar-refractivity contribution in [3.63, 3.8) is 0 Å². The maximum Gasteiger partial charge on any atom is 0.302 e. The van der Waals surface area contributed by atoms with Crippen LogP contribution >= 0.6 is 0 Å². The molecule has 1 aliphatic carbocycles. The van der Waals surface area contributed by atoms with Crippen molar-refractivity contribution in [2.75, 3.05) is 6.61 Å². The Labute approximate surface area is 66.5 Å². The zero-order valence-corrected chi connectivity index (χ0v) is 6.67. The Morgan fingerprint density at radius 2 is 2.45 bits per heavy atom. The molecule has 1 aliphatic rings. The smallest absolute Gasteiger partial charge is 0.302 e. The van der Waals surface area contributed by atoms with E-state index in [4.69, 9.17) is 4.74 Å². The normalized spacial score (nSPS) is 15.9. The van der Waals surface area contributed by atoms with E-state index in [0.29, 0.717) is 6.61 Å². The largest absolute Gasteiger partial charge is 0.461 e. The molecule has 0 bridgehead atoms. The first-order chi connectivity index (χ1) is 5.29. The number of allylic oxidation sites excluding steroid dienone is 2. The minimum Gasteiger partial charge on any atom is -0.461 e. The maximum atomic E-state index is 10.4. The zero-order valence-electron chi connectivity index (χ0n) is 6.67. The third-order valence-corrected chi connectivity index (χ3v) is 1.51. The Bertz CT molecular complexity index is 202. The SMILES string of the molecule is CC(=O)OCC1=CCCC=C1. The van der Waals surface area contributed by atoms with Gasteiger partial charge < -0.3 is 4.74 Å². The van der Waals surface area contributed by atoms with E-state index in [1.807, 2.05) is 6.08 Å². The van der Waals surface area contributed by atoms with Gasteiger partial charge in [-0.3, -0.25) is 4.79 Å². The van der Waals surface area contributed by atoms with Gasteiger partial charge in [0.1, 0.15) is 6.61 Å². The second-order valence-electron chi connectivity index (χ2n) is 2.54. The van der Waals surface area contributed by atoms with Crippen LogP contribution in [-0.2, 0) is 9.53 Å². The van der Waals surface area contributed by atoms with Gasteiger partial charge in [0.2, 0.25) is 0 Å². The highest BCUT2D eigenvalue weighted by Crippen LogP contribution is 2.09. The van der Waals surface area contributed by atoms with Crippen LogP contribution in [0.2, 0.25) is 0 Å². The summed E-state index contributed by atoms with van der Waals surface area (Å²) in [6.07, 6.45) is 8.37. The van der Waals surface area contributed by atoms with Gasteiger partial charge in [-0.05, 0) is 18.4 Å². The lowest BCUT2D eigenvalue weighted by Crippen LogP contribution is -2.02. The van der Waals surface area contributed by atoms with Crippen LogP contribution in [-0.4, -0.2) is 12.6 Å². The molecule has 0 saturated carbocycles. The van der Waals surface area contributed by atoms with E-state index in [-0.39, 0.29) is 5.97 Å². The fourth-order valence-electron chi connectivity index (χ4n) is 0.960. The second-order valence-corrected chi connectivity index (χ2v) is 2.54. The van der Waals surface area contributed by atoms with Crippen molar-refractivity contribution in [3.8, 4) is 0 Å². The van der Waals surface area contributed by atoms with Gasteiger partial charge in [-0.15, -0.1) is 0 Å². The van der Waals surface area contributed by atoms with Crippen LogP contribution in [0, 0.1) is 0 Å². The van der Waals surface area contributed by atoms with Crippen LogP contribution in [0.5, 0.6) is 0 Å². The highest BCUT2D eigenvalue weighted by molar-refractivity contribution is 5.66. The number of rotatable bonds is 2. The molecule has 11 heavy (non-hydrogen) atoms. The molecule has 0 radical (unpaired) electrons. The summed E-state index contributed by atoms with van der Waals surface area (Å²) in [6, 6.07) is 0. The van der Waals surface area contributed by atoms with Gasteiger partial charge in [0, 0.05) is 6.92 Å². The van der Waals surface area contributed by atoms with Crippen LogP contribution in [0.4, 0.5) is 0 Å². The maximum absolute atomic E-state index is 10.4. The molecule has 0 heterocycles. The fourth-order valence-corrected chi connectivity index (χ4v) is 0.960. The van der Waals surface area contributed by atoms with Crippen LogP contribution in [0.25, 0.3) is 0 Å². The summed E-state index contributed by atoms with van der Waals surface area (Å²) in [6.45, 7) is 1.85. The summed E-state index contributed by atoms with van der Waals surface area (Å²) in [5.41, 5.74) is 1.10. The molecule has 0 unspecified atom stereocenters. The van der Waals surface area contributed by atoms with Crippen LogP contribution in [0.15, 0.2) is 23.8 Å². The monoisotopic (exact) mass is 152 g/mol. The first kappa shape index (κ1) is 8.05. The minimum atomic E-state index is -0.218. The molecular formula is C9H12O2. The van der Waals surface area contributed by atoms with E-state index in [1.165, 1.54) is 6.92 Å². The molecule has 60 valence electrons. The number of hydrogen-bond acceptors (Lipinski definition) is 2. The van der Waals surface area contributed by atoms with Crippen LogP contribution < -0.4 is 0 Å². The molecule has 0 atom stereocenters. The average Bonchev–Trinajstić information content (AvgIpc) is 2.03. The topological polar surface area (TPSA) is 26.3 Å². The first-order valence-corrected chi connectivity index (χ1v) is 3.78. The van der Waals surface area contributed by atoms with Crippen molar-refractivity contribution in [2.45, 2.75) is 19.8 Å². The predicted octanol–water partition coefficient (Wildman–Crippen LogP) is 1.83. The summed E-state index contributed by atoms with van der Waals surface area (Å²) in [7, 11) is 0. The second kappa shape index (κ2) is 3.96. The molecule has 0 fully saturated rings. The van der Waals surface area contributed by atoms with Gasteiger partial charge in [0.25, 0.3) is 0 Å². The van der Waals surface area contributed by atoms with E-state index in [9.17, 15) is 4.79 Å². The molecule has 0 aromatic rings. The molecule has 1 rings (SSSR count). The molecule has 0 N–H and O–H groups in total. The molecule has 2 nitrogen and oxygen atoms in total. The summed E-state index contributed by atoms with van der Waals surface area (Å²) < 4.78 is 4.82. The van der Waals surface area contributed by atoms with Gasteiger partial charge >= 0.3 is 5.97 Å². The molecule has 0 aromatic carbocycles. The molecule has 0 aliphatic heterocycles.